The normalized spacial score (nSPS) is 41.7. The first kappa shape index (κ1) is 16.2. The van der Waals surface area contributed by atoms with E-state index in [0.29, 0.717) is 0 Å². The minimum Gasteiger partial charge on any atom is -0.319 e. The molecule has 1 N–H and O–H groups in total. The van der Waals surface area contributed by atoms with Crippen molar-refractivity contribution in [1.82, 2.24) is 5.32 Å². The summed E-state index contributed by atoms with van der Waals surface area (Å²) in [7, 11) is 2.16. The Labute approximate surface area is 136 Å². The molecule has 0 amide bonds. The molecule has 122 valence electrons. The van der Waals surface area contributed by atoms with Gasteiger partial charge in [-0.25, -0.2) is 0 Å². The monoisotopic (exact) mass is 309 g/mol. The molecule has 0 aromatic rings. The third-order valence-electron chi connectivity index (χ3n) is 6.60. The van der Waals surface area contributed by atoms with Crippen LogP contribution >= 0.6 is 11.8 Å². The maximum atomic E-state index is 3.51. The topological polar surface area (TPSA) is 12.0 Å². The molecule has 0 radical (unpaired) electrons. The van der Waals surface area contributed by atoms with E-state index in [2.05, 4.69) is 31.1 Å². The number of hydrogen-bond acceptors (Lipinski definition) is 2. The summed E-state index contributed by atoms with van der Waals surface area (Å²) in [5.41, 5.74) is 0. The van der Waals surface area contributed by atoms with Crippen molar-refractivity contribution in [3.05, 3.63) is 0 Å². The highest BCUT2D eigenvalue weighted by Gasteiger charge is 2.36. The molecule has 6 unspecified atom stereocenters. The molecule has 2 aliphatic carbocycles. The van der Waals surface area contributed by atoms with Gasteiger partial charge in [-0.1, -0.05) is 32.6 Å². The van der Waals surface area contributed by atoms with Gasteiger partial charge in [-0.2, -0.15) is 11.8 Å². The minimum absolute atomic E-state index is 0.916. The van der Waals surface area contributed by atoms with Gasteiger partial charge in [0.25, 0.3) is 0 Å². The van der Waals surface area contributed by atoms with Crippen LogP contribution in [0, 0.1) is 23.7 Å². The smallest absolute Gasteiger partial charge is 0.00533 e. The molecular formula is C19H35NS. The van der Waals surface area contributed by atoms with Gasteiger partial charge in [0.15, 0.2) is 0 Å². The van der Waals surface area contributed by atoms with E-state index in [0.717, 1.165) is 34.2 Å². The average molecular weight is 310 g/mol. The molecule has 1 heterocycles. The highest BCUT2D eigenvalue weighted by atomic mass is 32.2. The highest BCUT2D eigenvalue weighted by Crippen LogP contribution is 2.47. The van der Waals surface area contributed by atoms with E-state index in [4.69, 9.17) is 0 Å². The summed E-state index contributed by atoms with van der Waals surface area (Å²) in [5.74, 6) is 4.16. The molecule has 21 heavy (non-hydrogen) atoms. The van der Waals surface area contributed by atoms with Gasteiger partial charge in [-0.15, -0.1) is 0 Å². The number of rotatable bonds is 5. The van der Waals surface area contributed by atoms with Gasteiger partial charge in [-0.05, 0) is 75.8 Å². The van der Waals surface area contributed by atoms with Crippen LogP contribution in [-0.2, 0) is 0 Å². The Bertz CT molecular complexity index is 319. The highest BCUT2D eigenvalue weighted by molar-refractivity contribution is 8.00. The lowest BCUT2D eigenvalue weighted by Gasteiger charge is -2.42. The Hall–Kier alpha value is 0.310. The first-order chi connectivity index (χ1) is 10.3. The number of hydrogen-bond donors (Lipinski definition) is 1. The molecule has 0 spiro atoms. The molecule has 1 nitrogen and oxygen atoms in total. The van der Waals surface area contributed by atoms with E-state index >= 15 is 0 Å². The summed E-state index contributed by atoms with van der Waals surface area (Å²) in [6.45, 7) is 3.68. The largest absolute Gasteiger partial charge is 0.319 e. The summed E-state index contributed by atoms with van der Waals surface area (Å²) in [5, 5.41) is 5.39. The zero-order chi connectivity index (χ0) is 14.7. The van der Waals surface area contributed by atoms with Gasteiger partial charge in [-0.3, -0.25) is 0 Å². The molecule has 2 heteroatoms. The van der Waals surface area contributed by atoms with Crippen LogP contribution in [0.4, 0.5) is 0 Å². The SMILES string of the molecule is CNCC(CC1CCC(C)S1)C1CCC2CCCCC2C1. The van der Waals surface area contributed by atoms with Crippen LogP contribution in [0.15, 0.2) is 0 Å². The second kappa shape index (κ2) is 7.73. The van der Waals surface area contributed by atoms with Crippen LogP contribution in [0.25, 0.3) is 0 Å². The predicted octanol–water partition coefficient (Wildman–Crippen LogP) is 5.10. The van der Waals surface area contributed by atoms with E-state index in [1.807, 2.05) is 0 Å². The molecule has 6 atom stereocenters. The number of thioether (sulfide) groups is 1. The van der Waals surface area contributed by atoms with Crippen molar-refractivity contribution in [2.24, 2.45) is 23.7 Å². The number of fused-ring (bicyclic) bond motifs is 1. The third-order valence-corrected chi connectivity index (χ3v) is 8.11. The van der Waals surface area contributed by atoms with E-state index < -0.39 is 0 Å². The van der Waals surface area contributed by atoms with Crippen LogP contribution in [0.5, 0.6) is 0 Å². The number of nitrogens with one attached hydrogen (secondary N) is 1. The second-order valence-corrected chi connectivity index (χ2v) is 9.82. The maximum Gasteiger partial charge on any atom is 0.00533 e. The van der Waals surface area contributed by atoms with Crippen LogP contribution < -0.4 is 5.32 Å². The lowest BCUT2D eigenvalue weighted by atomic mass is 9.64. The summed E-state index contributed by atoms with van der Waals surface area (Å²) >= 11 is 2.28. The first-order valence-corrected chi connectivity index (χ1v) is 10.5. The van der Waals surface area contributed by atoms with E-state index in [-0.39, 0.29) is 0 Å². The minimum atomic E-state index is 0.916. The molecule has 3 fully saturated rings. The lowest BCUT2D eigenvalue weighted by Crippen LogP contribution is -2.35. The Balaban J connectivity index is 1.55. The predicted molar refractivity (Wildman–Crippen MR) is 94.9 cm³/mol. The summed E-state index contributed by atoms with van der Waals surface area (Å²) in [6.07, 6.45) is 15.2. The van der Waals surface area contributed by atoms with Gasteiger partial charge >= 0.3 is 0 Å². The fourth-order valence-electron chi connectivity index (χ4n) is 5.44. The summed E-state index contributed by atoms with van der Waals surface area (Å²) in [4.78, 5) is 0. The van der Waals surface area contributed by atoms with Gasteiger partial charge in [0.05, 0.1) is 0 Å². The molecule has 1 aliphatic heterocycles. The molecule has 2 saturated carbocycles. The average Bonchev–Trinajstić information content (AvgIpc) is 2.91. The van der Waals surface area contributed by atoms with E-state index in [1.165, 1.54) is 45.1 Å². The van der Waals surface area contributed by atoms with Crippen molar-refractivity contribution < 1.29 is 0 Å². The van der Waals surface area contributed by atoms with Crippen molar-refractivity contribution in [3.8, 4) is 0 Å². The third kappa shape index (κ3) is 4.19. The standard InChI is InChI=1S/C19H35NS/c1-14-7-10-19(21-14)12-18(13-20-2)17-9-8-15-5-3-4-6-16(15)11-17/h14-20H,3-13H2,1-2H3. The summed E-state index contributed by atoms with van der Waals surface area (Å²) in [6, 6.07) is 0. The Morgan fingerprint density at radius 2 is 1.81 bits per heavy atom. The Kier molecular flexibility index (Phi) is 5.95. The van der Waals surface area contributed by atoms with Crippen LogP contribution in [0.1, 0.15) is 71.1 Å². The van der Waals surface area contributed by atoms with Gasteiger partial charge in [0, 0.05) is 10.5 Å². The Morgan fingerprint density at radius 3 is 2.52 bits per heavy atom. The van der Waals surface area contributed by atoms with Crippen molar-refractivity contribution in [2.75, 3.05) is 13.6 Å². The summed E-state index contributed by atoms with van der Waals surface area (Å²) < 4.78 is 0. The van der Waals surface area contributed by atoms with E-state index in [1.54, 1.807) is 25.7 Å². The van der Waals surface area contributed by atoms with Crippen molar-refractivity contribution in [3.63, 3.8) is 0 Å². The van der Waals surface area contributed by atoms with Crippen molar-refractivity contribution >= 4 is 11.8 Å². The second-order valence-electron chi connectivity index (χ2n) is 8.08. The van der Waals surface area contributed by atoms with Gasteiger partial charge in [0.2, 0.25) is 0 Å². The first-order valence-electron chi connectivity index (χ1n) is 9.56. The zero-order valence-corrected chi connectivity index (χ0v) is 15.0. The molecule has 3 aliphatic rings. The van der Waals surface area contributed by atoms with Gasteiger partial charge < -0.3 is 5.32 Å². The van der Waals surface area contributed by atoms with E-state index in [9.17, 15) is 0 Å². The molecule has 0 aromatic carbocycles. The van der Waals surface area contributed by atoms with Gasteiger partial charge in [0.1, 0.15) is 0 Å². The molecule has 3 rings (SSSR count). The fraction of sp³-hybridized carbons (Fsp3) is 1.00. The fourth-order valence-corrected chi connectivity index (χ4v) is 7.00. The molecular weight excluding hydrogens is 274 g/mol. The van der Waals surface area contributed by atoms with Crippen LogP contribution in [-0.4, -0.2) is 24.1 Å². The molecule has 0 aromatic heterocycles. The lowest BCUT2D eigenvalue weighted by molar-refractivity contribution is 0.0960. The zero-order valence-electron chi connectivity index (χ0n) is 14.2. The van der Waals surface area contributed by atoms with Crippen LogP contribution in [0.3, 0.4) is 0 Å². The molecule has 1 saturated heterocycles. The van der Waals surface area contributed by atoms with Crippen LogP contribution in [0.2, 0.25) is 0 Å². The van der Waals surface area contributed by atoms with Crippen molar-refractivity contribution in [1.29, 1.82) is 0 Å². The Morgan fingerprint density at radius 1 is 1.00 bits per heavy atom. The molecule has 0 bridgehead atoms. The maximum absolute atomic E-state index is 3.51. The van der Waals surface area contributed by atoms with Crippen molar-refractivity contribution in [2.45, 2.75) is 81.6 Å². The quantitative estimate of drug-likeness (QED) is 0.758.